The van der Waals surface area contributed by atoms with Crippen molar-refractivity contribution in [3.8, 4) is 11.5 Å². The van der Waals surface area contributed by atoms with Crippen LogP contribution < -0.4 is 9.47 Å². The zero-order chi connectivity index (χ0) is 15.2. The summed E-state index contributed by atoms with van der Waals surface area (Å²) in [4.78, 5) is 0. The van der Waals surface area contributed by atoms with E-state index in [1.807, 2.05) is 25.1 Å². The second kappa shape index (κ2) is 7.80. The molecule has 112 valence electrons. The van der Waals surface area contributed by atoms with Crippen LogP contribution in [-0.4, -0.2) is 6.61 Å². The van der Waals surface area contributed by atoms with Crippen molar-refractivity contribution in [3.63, 3.8) is 0 Å². The summed E-state index contributed by atoms with van der Waals surface area (Å²) in [6.07, 6.45) is 0. The van der Waals surface area contributed by atoms with Crippen LogP contribution >= 0.6 is 31.9 Å². The Bertz CT molecular complexity index is 617. The van der Waals surface area contributed by atoms with Crippen LogP contribution in [0, 0.1) is 5.82 Å². The van der Waals surface area contributed by atoms with Crippen molar-refractivity contribution >= 4 is 31.9 Å². The van der Waals surface area contributed by atoms with E-state index >= 15 is 0 Å². The molecule has 0 fully saturated rings. The van der Waals surface area contributed by atoms with Gasteiger partial charge in [0.15, 0.2) is 11.5 Å². The van der Waals surface area contributed by atoms with Gasteiger partial charge in [0.2, 0.25) is 0 Å². The number of alkyl halides is 1. The lowest BCUT2D eigenvalue weighted by Crippen LogP contribution is -2.02. The van der Waals surface area contributed by atoms with Crippen LogP contribution in [0.15, 0.2) is 40.9 Å². The molecule has 5 heteroatoms. The molecule has 0 heterocycles. The van der Waals surface area contributed by atoms with Gasteiger partial charge in [-0.3, -0.25) is 0 Å². The van der Waals surface area contributed by atoms with Crippen molar-refractivity contribution in [2.24, 2.45) is 0 Å². The highest BCUT2D eigenvalue weighted by Gasteiger charge is 2.09. The molecule has 0 aromatic heterocycles. The van der Waals surface area contributed by atoms with E-state index in [2.05, 4.69) is 31.9 Å². The summed E-state index contributed by atoms with van der Waals surface area (Å²) in [7, 11) is 0. The molecule has 0 aliphatic rings. The fourth-order valence-corrected chi connectivity index (χ4v) is 2.59. The summed E-state index contributed by atoms with van der Waals surface area (Å²) in [6, 6.07) is 10.5. The molecule has 0 atom stereocenters. The Kier molecular flexibility index (Phi) is 6.06. The van der Waals surface area contributed by atoms with E-state index < -0.39 is 0 Å². The van der Waals surface area contributed by atoms with E-state index in [0.29, 0.717) is 23.7 Å². The summed E-state index contributed by atoms with van der Waals surface area (Å²) in [5, 5.41) is 0.744. The van der Waals surface area contributed by atoms with Gasteiger partial charge in [-0.05, 0) is 42.8 Å². The van der Waals surface area contributed by atoms with Crippen molar-refractivity contribution < 1.29 is 13.9 Å². The molecule has 0 spiro atoms. The molecule has 0 unspecified atom stereocenters. The molecule has 21 heavy (non-hydrogen) atoms. The maximum absolute atomic E-state index is 13.7. The van der Waals surface area contributed by atoms with E-state index in [9.17, 15) is 4.39 Å². The van der Waals surface area contributed by atoms with Crippen LogP contribution in [-0.2, 0) is 11.9 Å². The monoisotopic (exact) mass is 416 g/mol. The fraction of sp³-hybridized carbons (Fsp3) is 0.250. The molecule has 0 N–H and O–H groups in total. The van der Waals surface area contributed by atoms with E-state index in [1.54, 1.807) is 12.1 Å². The van der Waals surface area contributed by atoms with Gasteiger partial charge in [0, 0.05) is 15.4 Å². The molecule has 2 nitrogen and oxygen atoms in total. The van der Waals surface area contributed by atoms with Crippen LogP contribution in [0.2, 0.25) is 0 Å². The predicted molar refractivity (Wildman–Crippen MR) is 88.7 cm³/mol. The minimum absolute atomic E-state index is 0.152. The van der Waals surface area contributed by atoms with Crippen LogP contribution in [0.25, 0.3) is 0 Å². The largest absolute Gasteiger partial charge is 0.490 e. The zero-order valence-electron chi connectivity index (χ0n) is 11.5. The highest BCUT2D eigenvalue weighted by atomic mass is 79.9. The first kappa shape index (κ1) is 16.3. The number of benzene rings is 2. The molecular formula is C16H15Br2FO2. The molecule has 0 aliphatic heterocycles. The topological polar surface area (TPSA) is 18.5 Å². The zero-order valence-corrected chi connectivity index (χ0v) is 14.7. The lowest BCUT2D eigenvalue weighted by Gasteiger charge is -2.13. The summed E-state index contributed by atoms with van der Waals surface area (Å²) >= 11 is 6.74. The van der Waals surface area contributed by atoms with Gasteiger partial charge in [-0.25, -0.2) is 4.39 Å². The third-order valence-corrected chi connectivity index (χ3v) is 3.99. The molecular weight excluding hydrogens is 403 g/mol. The van der Waals surface area contributed by atoms with Crippen LogP contribution in [0.5, 0.6) is 11.5 Å². The molecule has 2 rings (SSSR count). The Morgan fingerprint density at radius 1 is 1.05 bits per heavy atom. The number of rotatable bonds is 6. The second-order valence-electron chi connectivity index (χ2n) is 4.37. The minimum atomic E-state index is -0.284. The SMILES string of the molecule is CCOc1cc(CBr)ccc1OCc1cc(Br)ccc1F. The van der Waals surface area contributed by atoms with Gasteiger partial charge in [-0.2, -0.15) is 0 Å². The molecule has 0 aliphatic carbocycles. The molecule has 0 saturated heterocycles. The molecule has 2 aromatic carbocycles. The lowest BCUT2D eigenvalue weighted by atomic mass is 10.2. The van der Waals surface area contributed by atoms with E-state index in [0.717, 1.165) is 15.4 Å². The molecule has 0 amide bonds. The van der Waals surface area contributed by atoms with Gasteiger partial charge in [-0.1, -0.05) is 37.9 Å². The Balaban J connectivity index is 2.17. The lowest BCUT2D eigenvalue weighted by molar-refractivity contribution is 0.265. The summed E-state index contributed by atoms with van der Waals surface area (Å²) in [5.74, 6) is 0.999. The first-order valence-corrected chi connectivity index (χ1v) is 8.44. The third-order valence-electron chi connectivity index (χ3n) is 2.85. The Morgan fingerprint density at radius 3 is 2.57 bits per heavy atom. The van der Waals surface area contributed by atoms with Crippen LogP contribution in [0.3, 0.4) is 0 Å². The summed E-state index contributed by atoms with van der Waals surface area (Å²) in [5.41, 5.74) is 1.59. The van der Waals surface area contributed by atoms with Crippen molar-refractivity contribution in [1.29, 1.82) is 0 Å². The van der Waals surface area contributed by atoms with E-state index in [1.165, 1.54) is 6.07 Å². The maximum Gasteiger partial charge on any atom is 0.161 e. The van der Waals surface area contributed by atoms with E-state index in [-0.39, 0.29) is 12.4 Å². The molecule has 2 aromatic rings. The summed E-state index contributed by atoms with van der Waals surface area (Å²) in [6.45, 7) is 2.62. The summed E-state index contributed by atoms with van der Waals surface area (Å²) < 4.78 is 25.8. The Morgan fingerprint density at radius 2 is 1.86 bits per heavy atom. The molecule has 0 saturated carbocycles. The standard InChI is InChI=1S/C16H15Br2FO2/c1-2-20-16-7-11(9-17)3-6-15(16)21-10-12-8-13(18)4-5-14(12)19/h3-8H,2,9-10H2,1H3. The molecule has 0 radical (unpaired) electrons. The Labute approximate surface area is 140 Å². The number of hydrogen-bond donors (Lipinski definition) is 0. The smallest absolute Gasteiger partial charge is 0.161 e. The van der Waals surface area contributed by atoms with Crippen LogP contribution in [0.4, 0.5) is 4.39 Å². The van der Waals surface area contributed by atoms with Crippen molar-refractivity contribution in [1.82, 2.24) is 0 Å². The predicted octanol–water partition coefficient (Wildman–Crippen LogP) is 5.46. The third kappa shape index (κ3) is 4.45. The van der Waals surface area contributed by atoms with Gasteiger partial charge in [0.1, 0.15) is 12.4 Å². The quantitative estimate of drug-likeness (QED) is 0.581. The van der Waals surface area contributed by atoms with Gasteiger partial charge in [0.25, 0.3) is 0 Å². The maximum atomic E-state index is 13.7. The minimum Gasteiger partial charge on any atom is -0.490 e. The van der Waals surface area contributed by atoms with Crippen LogP contribution in [0.1, 0.15) is 18.1 Å². The highest BCUT2D eigenvalue weighted by Crippen LogP contribution is 2.30. The van der Waals surface area contributed by atoms with Crippen molar-refractivity contribution in [2.45, 2.75) is 18.9 Å². The van der Waals surface area contributed by atoms with Crippen molar-refractivity contribution in [2.75, 3.05) is 6.61 Å². The fourth-order valence-electron chi connectivity index (χ4n) is 1.83. The second-order valence-corrected chi connectivity index (χ2v) is 5.85. The average Bonchev–Trinajstić information content (AvgIpc) is 2.49. The van der Waals surface area contributed by atoms with Gasteiger partial charge in [0.05, 0.1) is 6.61 Å². The van der Waals surface area contributed by atoms with Crippen molar-refractivity contribution in [3.05, 3.63) is 57.8 Å². The number of hydrogen-bond acceptors (Lipinski definition) is 2. The van der Waals surface area contributed by atoms with Gasteiger partial charge < -0.3 is 9.47 Å². The van der Waals surface area contributed by atoms with E-state index in [4.69, 9.17) is 9.47 Å². The first-order valence-electron chi connectivity index (χ1n) is 6.52. The highest BCUT2D eigenvalue weighted by molar-refractivity contribution is 9.10. The Hall–Kier alpha value is -1.07. The van der Waals surface area contributed by atoms with Gasteiger partial charge in [-0.15, -0.1) is 0 Å². The normalized spacial score (nSPS) is 10.5. The molecule has 0 bridgehead atoms. The van der Waals surface area contributed by atoms with Gasteiger partial charge >= 0.3 is 0 Å². The average molecular weight is 418 g/mol. The number of halogens is 3. The number of ether oxygens (including phenoxy) is 2. The first-order chi connectivity index (χ1) is 10.1.